The molecule has 7 nitrogen and oxygen atoms in total. The van der Waals surface area contributed by atoms with E-state index in [9.17, 15) is 18.0 Å². The topological polar surface area (TPSA) is 86.8 Å². The van der Waals surface area contributed by atoms with Crippen LogP contribution in [0.3, 0.4) is 0 Å². The number of rotatable bonds is 14. The van der Waals surface area contributed by atoms with Crippen LogP contribution < -0.4 is 9.62 Å². The molecule has 9 heteroatoms. The third kappa shape index (κ3) is 7.99. The van der Waals surface area contributed by atoms with Gasteiger partial charge in [-0.2, -0.15) is 0 Å². The highest BCUT2D eigenvalue weighted by Crippen LogP contribution is 2.60. The van der Waals surface area contributed by atoms with Crippen LogP contribution in [0.1, 0.15) is 75.0 Å². The van der Waals surface area contributed by atoms with Crippen molar-refractivity contribution < 1.29 is 18.0 Å². The van der Waals surface area contributed by atoms with Gasteiger partial charge < -0.3 is 10.2 Å². The molecule has 4 aliphatic rings. The fourth-order valence-electron chi connectivity index (χ4n) is 8.91. The summed E-state index contributed by atoms with van der Waals surface area (Å²) < 4.78 is 28.8. The van der Waals surface area contributed by atoms with Gasteiger partial charge in [-0.15, -0.1) is 0 Å². The molecule has 0 aromatic heterocycles. The number of amides is 2. The van der Waals surface area contributed by atoms with Crippen LogP contribution in [0.4, 0.5) is 5.69 Å². The molecule has 1 atom stereocenters. The monoisotopic (exact) mass is 733 g/mol. The Morgan fingerprint density at radius 2 is 1.48 bits per heavy atom. The van der Waals surface area contributed by atoms with E-state index < -0.39 is 28.5 Å². The number of sulfonamides is 1. The van der Waals surface area contributed by atoms with Crippen LogP contribution in [0.5, 0.6) is 0 Å². The fraction of sp³-hybridized carbons (Fsp3) is 0.487. The summed E-state index contributed by atoms with van der Waals surface area (Å²) in [6.07, 6.45) is 11.0. The molecule has 0 radical (unpaired) electrons. The molecule has 4 saturated carbocycles. The lowest BCUT2D eigenvalue weighted by Gasteiger charge is -2.57. The lowest BCUT2D eigenvalue weighted by molar-refractivity contribution is -0.140. The van der Waals surface area contributed by atoms with E-state index in [0.717, 1.165) is 52.5 Å². The molecule has 4 bridgehead atoms. The third-order valence-corrected chi connectivity index (χ3v) is 12.5. The molecule has 0 heterocycles. The number of hydrogen-bond donors (Lipinski definition) is 1. The predicted molar refractivity (Wildman–Crippen MR) is 195 cm³/mol. The zero-order valence-corrected chi connectivity index (χ0v) is 30.5. The first-order valence-corrected chi connectivity index (χ1v) is 20.1. The van der Waals surface area contributed by atoms with Crippen molar-refractivity contribution in [3.05, 3.63) is 100 Å². The first-order chi connectivity index (χ1) is 23.0. The van der Waals surface area contributed by atoms with Gasteiger partial charge in [0.2, 0.25) is 21.8 Å². The molecule has 0 aliphatic heterocycles. The van der Waals surface area contributed by atoms with E-state index in [0.29, 0.717) is 18.7 Å². The standard InChI is InChI=1S/C39H48BrN3O4S/c1-3-4-18-41-38(45)36(22-28-8-6-5-7-9-28)42(26-29-10-14-34(40)15-11-29)37(44)27-43(48(2,46)47)35-16-12-33(13-17-35)39-23-30-19-31(24-39)21-32(20-30)25-39/h5-17,30-32,36H,3-4,18-27H2,1-2H3,(H,41,45). The van der Waals surface area contributed by atoms with Crippen molar-refractivity contribution in [3.63, 3.8) is 0 Å². The van der Waals surface area contributed by atoms with Crippen molar-refractivity contribution in [2.75, 3.05) is 23.7 Å². The van der Waals surface area contributed by atoms with Crippen LogP contribution in [-0.4, -0.2) is 50.5 Å². The number of halogens is 1. The van der Waals surface area contributed by atoms with E-state index in [2.05, 4.69) is 40.3 Å². The number of nitrogens with one attached hydrogen (secondary N) is 1. The first-order valence-electron chi connectivity index (χ1n) is 17.5. The third-order valence-electron chi connectivity index (χ3n) is 10.9. The van der Waals surface area contributed by atoms with Crippen LogP contribution >= 0.6 is 15.9 Å². The quantitative estimate of drug-likeness (QED) is 0.177. The number of unbranched alkanes of at least 4 members (excludes halogenated alkanes) is 1. The Hall–Kier alpha value is -3.17. The van der Waals surface area contributed by atoms with Gasteiger partial charge >= 0.3 is 0 Å². The maximum Gasteiger partial charge on any atom is 0.244 e. The largest absolute Gasteiger partial charge is 0.354 e. The van der Waals surface area contributed by atoms with Crippen LogP contribution in [0, 0.1) is 17.8 Å². The van der Waals surface area contributed by atoms with Crippen molar-refractivity contribution >= 4 is 43.5 Å². The van der Waals surface area contributed by atoms with Crippen molar-refractivity contribution in [1.29, 1.82) is 0 Å². The number of nitrogens with zero attached hydrogens (tertiary/aromatic N) is 2. The maximum atomic E-state index is 14.4. The minimum atomic E-state index is -3.83. The molecule has 3 aromatic rings. The number of carbonyl (C=O) groups is 2. The molecule has 0 saturated heterocycles. The Bertz CT molecular complexity index is 1640. The van der Waals surface area contributed by atoms with E-state index in [-0.39, 0.29) is 17.9 Å². The predicted octanol–water partition coefficient (Wildman–Crippen LogP) is 7.24. The minimum Gasteiger partial charge on any atom is -0.354 e. The lowest BCUT2D eigenvalue weighted by Crippen LogP contribution is -2.53. The fourth-order valence-corrected chi connectivity index (χ4v) is 10.0. The Labute approximate surface area is 294 Å². The van der Waals surface area contributed by atoms with Crippen molar-refractivity contribution in [1.82, 2.24) is 10.2 Å². The van der Waals surface area contributed by atoms with E-state index in [1.54, 1.807) is 4.90 Å². The molecule has 4 aliphatic carbocycles. The minimum absolute atomic E-state index is 0.160. The first kappa shape index (κ1) is 34.7. The van der Waals surface area contributed by atoms with Crippen molar-refractivity contribution in [3.8, 4) is 0 Å². The van der Waals surface area contributed by atoms with Gasteiger partial charge in [-0.05, 0) is 109 Å². The molecular weight excluding hydrogens is 686 g/mol. The molecule has 2 amide bonds. The molecule has 48 heavy (non-hydrogen) atoms. The van der Waals surface area contributed by atoms with Gasteiger partial charge in [0.15, 0.2) is 0 Å². The highest BCUT2D eigenvalue weighted by atomic mass is 79.9. The maximum absolute atomic E-state index is 14.4. The van der Waals surface area contributed by atoms with E-state index in [4.69, 9.17) is 0 Å². The lowest BCUT2D eigenvalue weighted by atomic mass is 9.48. The Kier molecular flexibility index (Phi) is 10.7. The summed E-state index contributed by atoms with van der Waals surface area (Å²) in [6.45, 7) is 2.33. The molecule has 1 N–H and O–H groups in total. The van der Waals surface area contributed by atoms with E-state index >= 15 is 0 Å². The summed E-state index contributed by atoms with van der Waals surface area (Å²) >= 11 is 3.48. The average Bonchev–Trinajstić information content (AvgIpc) is 3.05. The molecule has 0 spiro atoms. The second-order valence-electron chi connectivity index (χ2n) is 14.5. The summed E-state index contributed by atoms with van der Waals surface area (Å²) in [7, 11) is -3.83. The molecule has 3 aromatic carbocycles. The smallest absolute Gasteiger partial charge is 0.244 e. The van der Waals surface area contributed by atoms with Gasteiger partial charge in [0.1, 0.15) is 12.6 Å². The Morgan fingerprint density at radius 1 is 0.875 bits per heavy atom. The highest BCUT2D eigenvalue weighted by molar-refractivity contribution is 9.10. The number of benzene rings is 3. The zero-order chi connectivity index (χ0) is 33.9. The summed E-state index contributed by atoms with van der Waals surface area (Å²) in [4.78, 5) is 29.8. The summed E-state index contributed by atoms with van der Waals surface area (Å²) in [5, 5.41) is 3.04. The van der Waals surface area contributed by atoms with Gasteiger partial charge in [0.05, 0.1) is 11.9 Å². The Balaban J connectivity index is 1.29. The summed E-state index contributed by atoms with van der Waals surface area (Å²) in [6, 6.07) is 24.4. The number of carbonyl (C=O) groups excluding carboxylic acids is 2. The highest BCUT2D eigenvalue weighted by Gasteiger charge is 2.51. The molecule has 7 rings (SSSR count). The SMILES string of the molecule is CCCCNC(=O)C(Cc1ccccc1)N(Cc1ccc(Br)cc1)C(=O)CN(c1ccc(C23CC4CC(CC(C4)C2)C3)cc1)S(C)(=O)=O. The average molecular weight is 735 g/mol. The van der Waals surface area contributed by atoms with Crippen molar-refractivity contribution in [2.45, 2.75) is 82.7 Å². The number of anilines is 1. The Morgan fingerprint density at radius 3 is 2.04 bits per heavy atom. The second kappa shape index (κ2) is 14.8. The van der Waals surface area contributed by atoms with Crippen LogP contribution in [0.2, 0.25) is 0 Å². The van der Waals surface area contributed by atoms with Gasteiger partial charge in [0.25, 0.3) is 0 Å². The van der Waals surface area contributed by atoms with Gasteiger partial charge in [-0.25, -0.2) is 8.42 Å². The van der Waals surface area contributed by atoms with Gasteiger partial charge in [0, 0.05) is 24.0 Å². The number of hydrogen-bond acceptors (Lipinski definition) is 4. The second-order valence-corrected chi connectivity index (χ2v) is 17.3. The van der Waals surface area contributed by atoms with Gasteiger partial charge in [-0.1, -0.05) is 83.9 Å². The van der Waals surface area contributed by atoms with E-state index in [1.165, 1.54) is 48.4 Å². The zero-order valence-electron chi connectivity index (χ0n) is 28.1. The molecule has 256 valence electrons. The van der Waals surface area contributed by atoms with E-state index in [1.807, 2.05) is 66.7 Å². The molecule has 4 fully saturated rings. The van der Waals surface area contributed by atoms with Crippen LogP contribution in [-0.2, 0) is 38.0 Å². The molecule has 1 unspecified atom stereocenters. The van der Waals surface area contributed by atoms with Crippen molar-refractivity contribution in [2.24, 2.45) is 17.8 Å². The van der Waals surface area contributed by atoms with Crippen LogP contribution in [0.15, 0.2) is 83.3 Å². The molecular formula is C39H48BrN3O4S. The summed E-state index contributed by atoms with van der Waals surface area (Å²) in [5.74, 6) is 1.74. The summed E-state index contributed by atoms with van der Waals surface area (Å²) in [5.41, 5.74) is 3.72. The van der Waals surface area contributed by atoms with Gasteiger partial charge in [-0.3, -0.25) is 13.9 Å². The normalized spacial score (nSPS) is 23.4. The van der Waals surface area contributed by atoms with Crippen LogP contribution in [0.25, 0.3) is 0 Å².